The first-order valence-corrected chi connectivity index (χ1v) is 21.8. The van der Waals surface area contributed by atoms with Crippen molar-refractivity contribution >= 4 is 43.4 Å². The van der Waals surface area contributed by atoms with Crippen molar-refractivity contribution in [2.24, 2.45) is 16.7 Å². The summed E-state index contributed by atoms with van der Waals surface area (Å²) in [7, 11) is -2.11. The van der Waals surface area contributed by atoms with Gasteiger partial charge in [-0.25, -0.2) is 0 Å². The van der Waals surface area contributed by atoms with E-state index in [1.807, 2.05) is 48.6 Å². The largest absolute Gasteiger partial charge is 0.466 e. The average molecular weight is 719 g/mol. The van der Waals surface area contributed by atoms with Crippen LogP contribution in [0.5, 0.6) is 0 Å². The standard InChI is InChI=1S/C38H57Cl2N3O4Si/c1-7-46-36(45)37(6)18-16-29(17-19-37)43-27(5)30(24-41-43)35(44)42(25-28-14-20-38(21-15-28)22-23-38)26-33(47-48(8-2,9-3)10-4)34-31(39)12-11-13-32(34)40/h11-13,24,28-29,33H,7-10,14-23,25-26H2,1-6H3. The molecule has 0 saturated heterocycles. The fourth-order valence-corrected chi connectivity index (χ4v) is 11.8. The minimum Gasteiger partial charge on any atom is -0.466 e. The number of halogens is 2. The fraction of sp³-hybridized carbons (Fsp3) is 0.711. The van der Waals surface area contributed by atoms with Crippen LogP contribution in [0.25, 0.3) is 0 Å². The quantitative estimate of drug-likeness (QED) is 0.144. The van der Waals surface area contributed by atoms with Gasteiger partial charge in [0.15, 0.2) is 8.32 Å². The van der Waals surface area contributed by atoms with Crippen molar-refractivity contribution in [2.45, 2.75) is 136 Å². The van der Waals surface area contributed by atoms with Crippen molar-refractivity contribution < 1.29 is 18.8 Å². The number of rotatable bonds is 14. The first kappa shape index (κ1) is 37.4. The minimum atomic E-state index is -2.11. The number of nitrogens with zero attached hydrogens (tertiary/aromatic N) is 3. The lowest BCUT2D eigenvalue weighted by atomic mass is 9.74. The van der Waals surface area contributed by atoms with Crippen LogP contribution in [-0.4, -0.2) is 54.6 Å². The number of hydrogen-bond donors (Lipinski definition) is 0. The number of ether oxygens (including phenoxy) is 1. The van der Waals surface area contributed by atoms with Gasteiger partial charge >= 0.3 is 5.97 Å². The van der Waals surface area contributed by atoms with Crippen molar-refractivity contribution in [1.82, 2.24) is 14.7 Å². The number of carbonyl (C=O) groups is 2. The van der Waals surface area contributed by atoms with Crippen molar-refractivity contribution in [3.63, 3.8) is 0 Å². The van der Waals surface area contributed by atoms with E-state index in [9.17, 15) is 9.59 Å². The molecule has 3 aliphatic carbocycles. The van der Waals surface area contributed by atoms with Gasteiger partial charge in [0.25, 0.3) is 5.91 Å². The maximum absolute atomic E-state index is 14.8. The summed E-state index contributed by atoms with van der Waals surface area (Å²) in [6.45, 7) is 14.0. The number of hydrogen-bond acceptors (Lipinski definition) is 5. The molecule has 3 saturated carbocycles. The van der Waals surface area contributed by atoms with Gasteiger partial charge in [0.1, 0.15) is 0 Å². The van der Waals surface area contributed by atoms with E-state index in [2.05, 4.69) is 20.8 Å². The van der Waals surface area contributed by atoms with Crippen molar-refractivity contribution in [1.29, 1.82) is 0 Å². The summed E-state index contributed by atoms with van der Waals surface area (Å²) in [4.78, 5) is 29.4. The SMILES string of the molecule is CCOC(=O)C1(C)CCC(n2ncc(C(=O)N(CC3CCC4(CC3)CC4)CC(O[Si](CC)(CC)CC)c3c(Cl)cccc3Cl)c2C)CC1. The lowest BCUT2D eigenvalue weighted by molar-refractivity contribution is -0.156. The molecule has 0 radical (unpaired) electrons. The molecule has 10 heteroatoms. The minimum absolute atomic E-state index is 0.00818. The maximum Gasteiger partial charge on any atom is 0.311 e. The molecule has 2 aromatic rings. The second-order valence-electron chi connectivity index (χ2n) is 15.2. The Balaban J connectivity index is 1.43. The molecule has 3 fully saturated rings. The van der Waals surface area contributed by atoms with Crippen LogP contribution >= 0.6 is 23.2 Å². The summed E-state index contributed by atoms with van der Waals surface area (Å²) in [6, 6.07) is 8.71. The van der Waals surface area contributed by atoms with E-state index in [0.29, 0.717) is 46.6 Å². The van der Waals surface area contributed by atoms with E-state index in [1.54, 1.807) is 6.20 Å². The molecule has 0 aliphatic heterocycles. The van der Waals surface area contributed by atoms with E-state index in [4.69, 9.17) is 37.5 Å². The molecule has 1 aromatic heterocycles. The van der Waals surface area contributed by atoms with Crippen LogP contribution < -0.4 is 0 Å². The maximum atomic E-state index is 14.8. The zero-order valence-electron chi connectivity index (χ0n) is 30.1. The molecule has 266 valence electrons. The van der Waals surface area contributed by atoms with E-state index in [0.717, 1.165) is 67.9 Å². The molecule has 1 atom stereocenters. The summed E-state index contributed by atoms with van der Waals surface area (Å²) in [5.74, 6) is 0.327. The van der Waals surface area contributed by atoms with Crippen molar-refractivity contribution in [2.75, 3.05) is 19.7 Å². The highest BCUT2D eigenvalue weighted by atomic mass is 35.5. The normalized spacial score (nSPS) is 23.2. The zero-order valence-corrected chi connectivity index (χ0v) is 32.6. The molecule has 1 amide bonds. The lowest BCUT2D eigenvalue weighted by Crippen LogP contribution is -2.44. The molecule has 7 nitrogen and oxygen atoms in total. The third-order valence-corrected chi connectivity index (χ3v) is 17.7. The Morgan fingerprint density at radius 1 is 0.979 bits per heavy atom. The predicted molar refractivity (Wildman–Crippen MR) is 196 cm³/mol. The Kier molecular flexibility index (Phi) is 12.1. The lowest BCUT2D eigenvalue weighted by Gasteiger charge is -2.38. The van der Waals surface area contributed by atoms with E-state index < -0.39 is 19.8 Å². The van der Waals surface area contributed by atoms with E-state index in [1.165, 1.54) is 25.7 Å². The van der Waals surface area contributed by atoms with Crippen molar-refractivity contribution in [3.05, 3.63) is 51.3 Å². The van der Waals surface area contributed by atoms with Crippen LogP contribution in [0.1, 0.15) is 133 Å². The highest BCUT2D eigenvalue weighted by Crippen LogP contribution is 2.57. The molecule has 1 aromatic carbocycles. The summed E-state index contributed by atoms with van der Waals surface area (Å²) < 4.78 is 14.6. The first-order valence-electron chi connectivity index (χ1n) is 18.5. The molecule has 5 rings (SSSR count). The molecule has 3 aliphatic rings. The first-order chi connectivity index (χ1) is 22.9. The smallest absolute Gasteiger partial charge is 0.311 e. The number of carbonyl (C=O) groups excluding carboxylic acids is 2. The molecule has 0 N–H and O–H groups in total. The van der Waals surface area contributed by atoms with E-state index >= 15 is 0 Å². The van der Waals surface area contributed by atoms with Crippen LogP contribution in [0, 0.1) is 23.7 Å². The second kappa shape index (κ2) is 15.6. The number of aromatic nitrogens is 2. The number of amides is 1. The van der Waals surface area contributed by atoms with Gasteiger partial charge in [-0.2, -0.15) is 5.10 Å². The van der Waals surface area contributed by atoms with Gasteiger partial charge < -0.3 is 14.1 Å². The zero-order chi connectivity index (χ0) is 34.7. The monoisotopic (exact) mass is 717 g/mol. The predicted octanol–water partition coefficient (Wildman–Crippen LogP) is 10.4. The number of esters is 1. The van der Waals surface area contributed by atoms with Crippen LogP contribution in [0.15, 0.2) is 24.4 Å². The summed E-state index contributed by atoms with van der Waals surface area (Å²) in [6.07, 6.45) is 12.0. The van der Waals surface area contributed by atoms with Crippen LogP contribution in [-0.2, 0) is 14.0 Å². The Labute approximate surface area is 299 Å². The van der Waals surface area contributed by atoms with Gasteiger partial charge in [0.05, 0.1) is 42.5 Å². The van der Waals surface area contributed by atoms with E-state index in [-0.39, 0.29) is 17.9 Å². The third kappa shape index (κ3) is 8.03. The van der Waals surface area contributed by atoms with Gasteiger partial charge in [0, 0.05) is 27.8 Å². The Morgan fingerprint density at radius 3 is 2.12 bits per heavy atom. The second-order valence-corrected chi connectivity index (χ2v) is 20.8. The van der Waals surface area contributed by atoms with Gasteiger partial charge in [-0.3, -0.25) is 14.3 Å². The molecule has 1 unspecified atom stereocenters. The van der Waals surface area contributed by atoms with Crippen LogP contribution in [0.4, 0.5) is 0 Å². The van der Waals surface area contributed by atoms with Crippen LogP contribution in [0.2, 0.25) is 28.2 Å². The topological polar surface area (TPSA) is 73.7 Å². The van der Waals surface area contributed by atoms with Gasteiger partial charge in [-0.05, 0) is 127 Å². The summed E-state index contributed by atoms with van der Waals surface area (Å²) in [5.41, 5.74) is 2.41. The highest BCUT2D eigenvalue weighted by Gasteiger charge is 2.45. The molecule has 0 bridgehead atoms. The van der Waals surface area contributed by atoms with Crippen molar-refractivity contribution in [3.8, 4) is 0 Å². The van der Waals surface area contributed by atoms with Gasteiger partial charge in [-0.15, -0.1) is 0 Å². The average Bonchev–Trinajstić information content (AvgIpc) is 3.73. The summed E-state index contributed by atoms with van der Waals surface area (Å²) >= 11 is 13.7. The molecular weight excluding hydrogens is 661 g/mol. The molecule has 1 heterocycles. The molecule has 48 heavy (non-hydrogen) atoms. The highest BCUT2D eigenvalue weighted by molar-refractivity contribution is 6.73. The van der Waals surface area contributed by atoms with Gasteiger partial charge in [0.2, 0.25) is 0 Å². The molecular formula is C38H57Cl2N3O4Si. The molecule has 1 spiro atoms. The Morgan fingerprint density at radius 2 is 1.58 bits per heavy atom. The summed E-state index contributed by atoms with van der Waals surface area (Å²) in [5, 5.41) is 5.96. The third-order valence-electron chi connectivity index (χ3n) is 12.4. The van der Waals surface area contributed by atoms with Crippen LogP contribution in [0.3, 0.4) is 0 Å². The van der Waals surface area contributed by atoms with Gasteiger partial charge in [-0.1, -0.05) is 50.0 Å². The Hall–Kier alpha value is -1.87. The Bertz CT molecular complexity index is 1390. The number of benzene rings is 1. The fourth-order valence-electron chi connectivity index (χ4n) is 8.37.